The van der Waals surface area contributed by atoms with Crippen LogP contribution in [0.15, 0.2) is 18.2 Å². The van der Waals surface area contributed by atoms with Gasteiger partial charge in [-0.15, -0.1) is 0 Å². The SMILES string of the molecule is COc1ccc(CC(C)(C)CCN)cc1F. The number of hydrogen-bond donors (Lipinski definition) is 1. The van der Waals surface area contributed by atoms with Crippen molar-refractivity contribution in [3.8, 4) is 5.75 Å². The molecule has 0 atom stereocenters. The maximum Gasteiger partial charge on any atom is 0.165 e. The third kappa shape index (κ3) is 3.49. The molecule has 0 saturated carbocycles. The third-order valence-corrected chi connectivity index (χ3v) is 2.72. The molecule has 0 aliphatic rings. The van der Waals surface area contributed by atoms with E-state index in [-0.39, 0.29) is 11.2 Å². The number of nitrogens with two attached hydrogens (primary N) is 1. The maximum absolute atomic E-state index is 13.5. The molecule has 1 rings (SSSR count). The number of hydrogen-bond acceptors (Lipinski definition) is 2. The Balaban J connectivity index is 2.78. The van der Waals surface area contributed by atoms with E-state index < -0.39 is 0 Å². The molecular formula is C13H20FNO. The Morgan fingerprint density at radius 2 is 2.06 bits per heavy atom. The minimum absolute atomic E-state index is 0.107. The van der Waals surface area contributed by atoms with E-state index in [1.807, 2.05) is 6.07 Å². The topological polar surface area (TPSA) is 35.2 Å². The summed E-state index contributed by atoms with van der Waals surface area (Å²) in [5.74, 6) is -0.0103. The molecule has 3 heteroatoms. The minimum atomic E-state index is -0.302. The van der Waals surface area contributed by atoms with Gasteiger partial charge in [0, 0.05) is 0 Å². The van der Waals surface area contributed by atoms with Crippen molar-refractivity contribution in [1.29, 1.82) is 0 Å². The molecule has 2 nitrogen and oxygen atoms in total. The van der Waals surface area contributed by atoms with E-state index >= 15 is 0 Å². The largest absolute Gasteiger partial charge is 0.494 e. The first-order chi connectivity index (χ1) is 7.48. The number of ether oxygens (including phenoxy) is 1. The molecule has 2 N–H and O–H groups in total. The van der Waals surface area contributed by atoms with E-state index in [1.54, 1.807) is 6.07 Å². The molecule has 0 fully saturated rings. The highest BCUT2D eigenvalue weighted by atomic mass is 19.1. The van der Waals surface area contributed by atoms with Crippen molar-refractivity contribution >= 4 is 0 Å². The van der Waals surface area contributed by atoms with Crippen molar-refractivity contribution in [2.45, 2.75) is 26.7 Å². The van der Waals surface area contributed by atoms with Crippen molar-refractivity contribution in [3.63, 3.8) is 0 Å². The number of benzene rings is 1. The van der Waals surface area contributed by atoms with Crippen LogP contribution in [0, 0.1) is 11.2 Å². The summed E-state index contributed by atoms with van der Waals surface area (Å²) < 4.78 is 18.3. The molecule has 0 aromatic heterocycles. The second kappa shape index (κ2) is 5.30. The van der Waals surface area contributed by atoms with Crippen LogP contribution in [-0.4, -0.2) is 13.7 Å². The van der Waals surface area contributed by atoms with Crippen LogP contribution in [0.2, 0.25) is 0 Å². The molecule has 0 spiro atoms. The lowest BCUT2D eigenvalue weighted by Gasteiger charge is -2.24. The van der Waals surface area contributed by atoms with Gasteiger partial charge < -0.3 is 10.5 Å². The fourth-order valence-corrected chi connectivity index (χ4v) is 1.85. The zero-order valence-electron chi connectivity index (χ0n) is 10.2. The van der Waals surface area contributed by atoms with Crippen LogP contribution in [0.5, 0.6) is 5.75 Å². The van der Waals surface area contributed by atoms with Gasteiger partial charge in [0.25, 0.3) is 0 Å². The summed E-state index contributed by atoms with van der Waals surface area (Å²) in [6, 6.07) is 5.11. The normalized spacial score (nSPS) is 11.6. The Kier molecular flexibility index (Phi) is 4.30. The lowest BCUT2D eigenvalue weighted by Crippen LogP contribution is -2.19. The smallest absolute Gasteiger partial charge is 0.165 e. The second-order valence-corrected chi connectivity index (χ2v) is 4.85. The summed E-state index contributed by atoms with van der Waals surface area (Å²) in [5, 5.41) is 0. The predicted molar refractivity (Wildman–Crippen MR) is 64.1 cm³/mol. The Bertz CT molecular complexity index is 350. The fourth-order valence-electron chi connectivity index (χ4n) is 1.85. The van der Waals surface area contributed by atoms with Crippen LogP contribution in [0.4, 0.5) is 4.39 Å². The first kappa shape index (κ1) is 13.0. The average Bonchev–Trinajstić information content (AvgIpc) is 2.17. The summed E-state index contributed by atoms with van der Waals surface area (Å²) in [6.07, 6.45) is 1.76. The Morgan fingerprint density at radius 1 is 1.38 bits per heavy atom. The lowest BCUT2D eigenvalue weighted by molar-refractivity contribution is 0.337. The summed E-state index contributed by atoms with van der Waals surface area (Å²) >= 11 is 0. The van der Waals surface area contributed by atoms with Crippen LogP contribution in [0.1, 0.15) is 25.8 Å². The van der Waals surface area contributed by atoms with Gasteiger partial charge in [0.15, 0.2) is 11.6 Å². The van der Waals surface area contributed by atoms with Gasteiger partial charge >= 0.3 is 0 Å². The van der Waals surface area contributed by atoms with Crippen molar-refractivity contribution in [3.05, 3.63) is 29.6 Å². The highest BCUT2D eigenvalue weighted by molar-refractivity contribution is 5.29. The predicted octanol–water partition coefficient (Wildman–Crippen LogP) is 2.75. The van der Waals surface area contributed by atoms with Crippen LogP contribution in [-0.2, 0) is 6.42 Å². The highest BCUT2D eigenvalue weighted by Gasteiger charge is 2.18. The van der Waals surface area contributed by atoms with Gasteiger partial charge in [0.2, 0.25) is 0 Å². The van der Waals surface area contributed by atoms with Gasteiger partial charge in [-0.2, -0.15) is 0 Å². The maximum atomic E-state index is 13.5. The van der Waals surface area contributed by atoms with Gasteiger partial charge in [0.05, 0.1) is 7.11 Å². The van der Waals surface area contributed by atoms with E-state index in [1.165, 1.54) is 13.2 Å². The Hall–Kier alpha value is -1.09. The first-order valence-corrected chi connectivity index (χ1v) is 5.51. The van der Waals surface area contributed by atoms with Crippen molar-refractivity contribution in [2.24, 2.45) is 11.1 Å². The van der Waals surface area contributed by atoms with E-state index in [0.29, 0.717) is 12.3 Å². The number of halogens is 1. The average molecular weight is 225 g/mol. The molecule has 0 amide bonds. The van der Waals surface area contributed by atoms with Gasteiger partial charge in [-0.25, -0.2) is 4.39 Å². The molecular weight excluding hydrogens is 205 g/mol. The standard InChI is InChI=1S/C13H20FNO/c1-13(2,6-7-15)9-10-4-5-12(16-3)11(14)8-10/h4-5,8H,6-7,9,15H2,1-3H3. The quantitative estimate of drug-likeness (QED) is 0.836. The molecule has 90 valence electrons. The number of rotatable bonds is 5. The van der Waals surface area contributed by atoms with Crippen molar-refractivity contribution < 1.29 is 9.13 Å². The number of methoxy groups -OCH3 is 1. The lowest BCUT2D eigenvalue weighted by atomic mass is 9.83. The van der Waals surface area contributed by atoms with E-state index in [4.69, 9.17) is 10.5 Å². The van der Waals surface area contributed by atoms with Gasteiger partial charge in [0.1, 0.15) is 0 Å². The first-order valence-electron chi connectivity index (χ1n) is 5.51. The van der Waals surface area contributed by atoms with Crippen LogP contribution >= 0.6 is 0 Å². The second-order valence-electron chi connectivity index (χ2n) is 4.85. The van der Waals surface area contributed by atoms with Crippen molar-refractivity contribution in [2.75, 3.05) is 13.7 Å². The zero-order chi connectivity index (χ0) is 12.2. The molecule has 1 aromatic rings. The molecule has 0 radical (unpaired) electrons. The molecule has 1 aromatic carbocycles. The van der Waals surface area contributed by atoms with Crippen LogP contribution in [0.25, 0.3) is 0 Å². The van der Waals surface area contributed by atoms with Crippen molar-refractivity contribution in [1.82, 2.24) is 0 Å². The Labute approximate surface area is 96.6 Å². The minimum Gasteiger partial charge on any atom is -0.494 e. The third-order valence-electron chi connectivity index (χ3n) is 2.72. The molecule has 0 saturated heterocycles. The van der Waals surface area contributed by atoms with E-state index in [0.717, 1.165) is 18.4 Å². The Morgan fingerprint density at radius 3 is 2.56 bits per heavy atom. The fraction of sp³-hybridized carbons (Fsp3) is 0.538. The molecule has 0 aliphatic heterocycles. The molecule has 16 heavy (non-hydrogen) atoms. The molecule has 0 unspecified atom stereocenters. The molecule has 0 bridgehead atoms. The van der Waals surface area contributed by atoms with Crippen LogP contribution in [0.3, 0.4) is 0 Å². The summed E-state index contributed by atoms with van der Waals surface area (Å²) in [5.41, 5.74) is 6.64. The van der Waals surface area contributed by atoms with Crippen LogP contribution < -0.4 is 10.5 Å². The highest BCUT2D eigenvalue weighted by Crippen LogP contribution is 2.27. The van der Waals surface area contributed by atoms with E-state index in [2.05, 4.69) is 13.8 Å². The summed E-state index contributed by atoms with van der Waals surface area (Å²) in [7, 11) is 1.47. The monoisotopic (exact) mass is 225 g/mol. The molecule has 0 heterocycles. The summed E-state index contributed by atoms with van der Waals surface area (Å²) in [4.78, 5) is 0. The van der Waals surface area contributed by atoms with Gasteiger partial charge in [-0.3, -0.25) is 0 Å². The zero-order valence-corrected chi connectivity index (χ0v) is 10.2. The van der Waals surface area contributed by atoms with Gasteiger partial charge in [-0.1, -0.05) is 19.9 Å². The van der Waals surface area contributed by atoms with Gasteiger partial charge in [-0.05, 0) is 42.5 Å². The molecule has 0 aliphatic carbocycles. The van der Waals surface area contributed by atoms with E-state index in [9.17, 15) is 4.39 Å². The summed E-state index contributed by atoms with van der Waals surface area (Å²) in [6.45, 7) is 4.94.